The summed E-state index contributed by atoms with van der Waals surface area (Å²) in [5.41, 5.74) is 0.988. The van der Waals surface area contributed by atoms with E-state index in [-0.39, 0.29) is 0 Å². The summed E-state index contributed by atoms with van der Waals surface area (Å²) in [6.07, 6.45) is 4.53. The van der Waals surface area contributed by atoms with Crippen LogP contribution in [0.3, 0.4) is 0 Å². The summed E-state index contributed by atoms with van der Waals surface area (Å²) in [5, 5.41) is 0.963. The number of hydrogen-bond donors (Lipinski definition) is 0. The van der Waals surface area contributed by atoms with Gasteiger partial charge in [0.25, 0.3) is 0 Å². The van der Waals surface area contributed by atoms with E-state index in [0.717, 1.165) is 28.6 Å². The Labute approximate surface area is 118 Å². The minimum Gasteiger partial charge on any atom is -0.324 e. The number of rotatable bonds is 6. The summed E-state index contributed by atoms with van der Waals surface area (Å²) < 4.78 is 0. The van der Waals surface area contributed by atoms with Crippen LogP contribution in [0.25, 0.3) is 0 Å². The zero-order chi connectivity index (χ0) is 13.4. The first-order valence-electron chi connectivity index (χ1n) is 5.69. The van der Waals surface area contributed by atoms with E-state index in [4.69, 9.17) is 11.6 Å². The predicted octanol–water partition coefficient (Wildman–Crippen LogP) is 3.22. The molecule has 0 aliphatic carbocycles. The highest BCUT2D eigenvalue weighted by atomic mass is 35.5. The lowest BCUT2D eigenvalue weighted by atomic mass is 10.2. The lowest BCUT2D eigenvalue weighted by Gasteiger charge is -2.22. The highest BCUT2D eigenvalue weighted by Gasteiger charge is 2.11. The fraction of sp³-hybridized carbons (Fsp3) is 0.385. The first-order chi connectivity index (χ1) is 8.70. The normalized spacial score (nSPS) is 11.4. The van der Waals surface area contributed by atoms with Crippen LogP contribution < -0.4 is 0 Å². The van der Waals surface area contributed by atoms with Gasteiger partial charge in [0.05, 0.1) is 5.03 Å². The molecule has 0 amide bonds. The Morgan fingerprint density at radius 3 is 2.94 bits per heavy atom. The molecule has 1 aromatic rings. The van der Waals surface area contributed by atoms with Gasteiger partial charge in [0, 0.05) is 43.7 Å². The molecule has 0 unspecified atom stereocenters. The zero-order valence-electron chi connectivity index (χ0n) is 10.8. The molecule has 1 aromatic heterocycles. The highest BCUT2D eigenvalue weighted by Crippen LogP contribution is 2.20. The van der Waals surface area contributed by atoms with Gasteiger partial charge in [-0.1, -0.05) is 6.58 Å². The molecular weight excluding hydrogens is 266 g/mol. The first-order valence-corrected chi connectivity index (χ1v) is 7.21. The lowest BCUT2D eigenvalue weighted by molar-refractivity contribution is 0.673. The Kier molecular flexibility index (Phi) is 6.83. The molecule has 0 radical (unpaired) electrons. The van der Waals surface area contributed by atoms with E-state index in [2.05, 4.69) is 16.6 Å². The van der Waals surface area contributed by atoms with Gasteiger partial charge in [0.1, 0.15) is 5.84 Å². The van der Waals surface area contributed by atoms with Crippen LogP contribution in [-0.4, -0.2) is 41.4 Å². The number of aliphatic imine (C=N–C) groups is 1. The summed E-state index contributed by atoms with van der Waals surface area (Å²) in [6, 6.07) is 3.89. The lowest BCUT2D eigenvalue weighted by Crippen LogP contribution is -2.25. The molecule has 0 bridgehead atoms. The van der Waals surface area contributed by atoms with E-state index in [1.54, 1.807) is 31.2 Å². The second-order valence-corrected chi connectivity index (χ2v) is 5.18. The molecule has 18 heavy (non-hydrogen) atoms. The van der Waals surface area contributed by atoms with Crippen LogP contribution in [0.15, 0.2) is 41.1 Å². The van der Waals surface area contributed by atoms with Crippen LogP contribution in [0.1, 0.15) is 12.0 Å². The quantitative estimate of drug-likeness (QED) is 0.347. The molecule has 0 atom stereocenters. The molecule has 1 heterocycles. The average molecular weight is 284 g/mol. The first kappa shape index (κ1) is 15.1. The molecule has 0 saturated heterocycles. The number of thioether (sulfide) groups is 1. The molecule has 98 valence electrons. The molecule has 0 aliphatic heterocycles. The highest BCUT2D eigenvalue weighted by molar-refractivity contribution is 8.03. The fourth-order valence-electron chi connectivity index (χ4n) is 1.43. The summed E-state index contributed by atoms with van der Waals surface area (Å²) in [5.74, 6) is 2.52. The van der Waals surface area contributed by atoms with Gasteiger partial charge in [0.15, 0.2) is 0 Å². The molecule has 0 fully saturated rings. The van der Waals surface area contributed by atoms with Crippen LogP contribution >= 0.6 is 23.4 Å². The Morgan fingerprint density at radius 2 is 2.39 bits per heavy atom. The number of pyridine rings is 1. The zero-order valence-corrected chi connectivity index (χ0v) is 12.3. The number of aromatic nitrogens is 1. The van der Waals surface area contributed by atoms with Crippen molar-refractivity contribution < 1.29 is 0 Å². The summed E-state index contributed by atoms with van der Waals surface area (Å²) in [6.45, 7) is 4.07. The SMILES string of the molecule is C=C(SCCCCl)N(C)C(=NC)c1cccnc1. The standard InChI is InChI=1S/C13H18ClN3S/c1-11(18-9-5-7-14)17(3)13(15-2)12-6-4-8-16-10-12/h4,6,8,10H,1,5,7,9H2,2-3H3. The number of hydrogen-bond acceptors (Lipinski definition) is 3. The van der Waals surface area contributed by atoms with Crippen molar-refractivity contribution in [1.29, 1.82) is 0 Å². The minimum absolute atomic E-state index is 0.682. The third-order valence-corrected chi connectivity index (χ3v) is 3.74. The monoisotopic (exact) mass is 283 g/mol. The van der Waals surface area contributed by atoms with E-state index in [9.17, 15) is 0 Å². The van der Waals surface area contributed by atoms with Gasteiger partial charge in [-0.05, 0) is 18.6 Å². The van der Waals surface area contributed by atoms with Crippen molar-refractivity contribution in [2.45, 2.75) is 6.42 Å². The average Bonchev–Trinajstić information content (AvgIpc) is 2.41. The van der Waals surface area contributed by atoms with Crippen molar-refractivity contribution >= 4 is 29.2 Å². The van der Waals surface area contributed by atoms with Crippen molar-refractivity contribution in [3.05, 3.63) is 41.7 Å². The second-order valence-electron chi connectivity index (χ2n) is 3.63. The summed E-state index contributed by atoms with van der Waals surface area (Å²) >= 11 is 7.35. The largest absolute Gasteiger partial charge is 0.324 e. The third kappa shape index (κ3) is 4.35. The fourth-order valence-corrected chi connectivity index (χ4v) is 2.52. The van der Waals surface area contributed by atoms with Crippen molar-refractivity contribution in [3.8, 4) is 0 Å². The Balaban J connectivity index is 2.69. The van der Waals surface area contributed by atoms with Crippen LogP contribution in [0.2, 0.25) is 0 Å². The van der Waals surface area contributed by atoms with Crippen LogP contribution in [-0.2, 0) is 0 Å². The molecule has 0 aliphatic rings. The molecule has 1 rings (SSSR count). The van der Waals surface area contributed by atoms with Gasteiger partial charge in [-0.2, -0.15) is 0 Å². The third-order valence-electron chi connectivity index (χ3n) is 2.37. The van der Waals surface area contributed by atoms with E-state index >= 15 is 0 Å². The van der Waals surface area contributed by atoms with Gasteiger partial charge in [-0.3, -0.25) is 9.98 Å². The number of nitrogens with zero attached hydrogens (tertiary/aromatic N) is 3. The van der Waals surface area contributed by atoms with Gasteiger partial charge in [-0.15, -0.1) is 23.4 Å². The van der Waals surface area contributed by atoms with Crippen molar-refractivity contribution in [2.75, 3.05) is 25.7 Å². The van der Waals surface area contributed by atoms with Crippen molar-refractivity contribution in [3.63, 3.8) is 0 Å². The molecule has 0 aromatic carbocycles. The van der Waals surface area contributed by atoms with Gasteiger partial charge >= 0.3 is 0 Å². The van der Waals surface area contributed by atoms with Crippen LogP contribution in [0.4, 0.5) is 0 Å². The molecule has 0 spiro atoms. The Morgan fingerprint density at radius 1 is 1.61 bits per heavy atom. The molecule has 3 nitrogen and oxygen atoms in total. The Bertz CT molecular complexity index is 406. The van der Waals surface area contributed by atoms with E-state index in [1.807, 2.05) is 24.1 Å². The van der Waals surface area contributed by atoms with Crippen molar-refractivity contribution in [2.24, 2.45) is 4.99 Å². The van der Waals surface area contributed by atoms with Crippen molar-refractivity contribution in [1.82, 2.24) is 9.88 Å². The number of alkyl halides is 1. The van der Waals surface area contributed by atoms with Crippen LogP contribution in [0.5, 0.6) is 0 Å². The molecular formula is C13H18ClN3S. The maximum Gasteiger partial charge on any atom is 0.136 e. The second kappa shape index (κ2) is 8.16. The molecule has 5 heteroatoms. The smallest absolute Gasteiger partial charge is 0.136 e. The molecule has 0 saturated carbocycles. The van der Waals surface area contributed by atoms with E-state index in [1.165, 1.54) is 0 Å². The minimum atomic E-state index is 0.682. The van der Waals surface area contributed by atoms with Crippen LogP contribution in [0, 0.1) is 0 Å². The van der Waals surface area contributed by atoms with Gasteiger partial charge in [-0.25, -0.2) is 0 Å². The Hall–Kier alpha value is -1.00. The number of amidine groups is 1. The summed E-state index contributed by atoms with van der Waals surface area (Å²) in [7, 11) is 3.74. The van der Waals surface area contributed by atoms with E-state index in [0.29, 0.717) is 5.88 Å². The maximum atomic E-state index is 5.66. The van der Waals surface area contributed by atoms with Gasteiger partial charge < -0.3 is 4.90 Å². The topological polar surface area (TPSA) is 28.5 Å². The van der Waals surface area contributed by atoms with Gasteiger partial charge in [0.2, 0.25) is 0 Å². The maximum absolute atomic E-state index is 5.66. The summed E-state index contributed by atoms with van der Waals surface area (Å²) in [4.78, 5) is 10.4. The van der Waals surface area contributed by atoms with E-state index < -0.39 is 0 Å². The number of halogens is 1. The predicted molar refractivity (Wildman–Crippen MR) is 81.4 cm³/mol. The molecule has 0 N–H and O–H groups in total.